The van der Waals surface area contributed by atoms with Crippen LogP contribution < -0.4 is 9.62 Å². The SMILES string of the molecule is CCNC(=O)[C@@H](Cc1ccccc1)N(Cc1ccc(Cl)cc1)C(=O)CN(c1ccc(C)c(C)c1)S(=O)(=O)c1ccccc1. The van der Waals surface area contributed by atoms with E-state index >= 15 is 0 Å². The topological polar surface area (TPSA) is 86.8 Å². The van der Waals surface area contributed by atoms with E-state index in [1.807, 2.05) is 57.2 Å². The molecule has 4 aromatic carbocycles. The molecule has 0 aliphatic rings. The third-order valence-electron chi connectivity index (χ3n) is 7.28. The van der Waals surface area contributed by atoms with E-state index in [4.69, 9.17) is 11.6 Å². The van der Waals surface area contributed by atoms with E-state index < -0.39 is 28.5 Å². The van der Waals surface area contributed by atoms with Crippen molar-refractivity contribution in [2.45, 2.75) is 44.7 Å². The van der Waals surface area contributed by atoms with E-state index in [0.29, 0.717) is 17.3 Å². The van der Waals surface area contributed by atoms with Gasteiger partial charge in [-0.1, -0.05) is 78.3 Å². The van der Waals surface area contributed by atoms with Crippen LogP contribution in [0.25, 0.3) is 0 Å². The van der Waals surface area contributed by atoms with Crippen LogP contribution in [0.3, 0.4) is 0 Å². The third kappa shape index (κ3) is 8.03. The summed E-state index contributed by atoms with van der Waals surface area (Å²) in [7, 11) is -4.14. The summed E-state index contributed by atoms with van der Waals surface area (Å²) in [6.07, 6.45) is 0.251. The van der Waals surface area contributed by atoms with Crippen molar-refractivity contribution in [2.24, 2.45) is 0 Å². The molecule has 0 aliphatic heterocycles. The molecule has 0 unspecified atom stereocenters. The quantitative estimate of drug-likeness (QED) is 0.214. The summed E-state index contributed by atoms with van der Waals surface area (Å²) < 4.78 is 29.2. The number of hydrogen-bond donors (Lipinski definition) is 1. The molecule has 0 saturated carbocycles. The van der Waals surface area contributed by atoms with Gasteiger partial charge in [0.25, 0.3) is 10.0 Å². The largest absolute Gasteiger partial charge is 0.355 e. The van der Waals surface area contributed by atoms with Gasteiger partial charge in [0.05, 0.1) is 10.6 Å². The van der Waals surface area contributed by atoms with Crippen molar-refractivity contribution < 1.29 is 18.0 Å². The van der Waals surface area contributed by atoms with E-state index in [1.165, 1.54) is 17.0 Å². The van der Waals surface area contributed by atoms with E-state index in [0.717, 1.165) is 26.6 Å². The van der Waals surface area contributed by atoms with E-state index in [9.17, 15) is 18.0 Å². The second-order valence-electron chi connectivity index (χ2n) is 10.3. The Bertz CT molecular complexity index is 1650. The van der Waals surface area contributed by atoms with Crippen molar-refractivity contribution in [3.05, 3.63) is 130 Å². The highest BCUT2D eigenvalue weighted by atomic mass is 35.5. The third-order valence-corrected chi connectivity index (χ3v) is 9.32. The van der Waals surface area contributed by atoms with Crippen molar-refractivity contribution >= 4 is 39.1 Å². The van der Waals surface area contributed by atoms with E-state index in [-0.39, 0.29) is 23.8 Å². The van der Waals surface area contributed by atoms with Crippen LogP contribution in [-0.4, -0.2) is 44.3 Å². The maximum atomic E-state index is 14.4. The van der Waals surface area contributed by atoms with Gasteiger partial charge >= 0.3 is 0 Å². The molecule has 0 aromatic heterocycles. The predicted octanol–water partition coefficient (Wildman–Crippen LogP) is 5.93. The van der Waals surface area contributed by atoms with Crippen LogP contribution in [0.15, 0.2) is 108 Å². The first kappa shape index (κ1) is 31.8. The minimum Gasteiger partial charge on any atom is -0.355 e. The number of nitrogens with one attached hydrogen (secondary N) is 1. The summed E-state index contributed by atoms with van der Waals surface area (Å²) in [6.45, 7) is 5.61. The molecule has 1 N–H and O–H groups in total. The number of anilines is 1. The Balaban J connectivity index is 1.80. The lowest BCUT2D eigenvalue weighted by molar-refractivity contribution is -0.140. The van der Waals surface area contributed by atoms with Gasteiger partial charge in [0.1, 0.15) is 12.6 Å². The van der Waals surface area contributed by atoms with Gasteiger partial charge in [0, 0.05) is 24.5 Å². The number of aryl methyl sites for hydroxylation is 2. The first-order valence-corrected chi connectivity index (χ1v) is 15.9. The molecule has 0 fully saturated rings. The highest BCUT2D eigenvalue weighted by Crippen LogP contribution is 2.27. The fraction of sp³-hybridized carbons (Fsp3) is 0.235. The molecule has 0 bridgehead atoms. The van der Waals surface area contributed by atoms with E-state index in [2.05, 4.69) is 5.32 Å². The molecular formula is C34H36ClN3O4S. The number of rotatable bonds is 12. The molecule has 224 valence electrons. The Kier molecular flexibility index (Phi) is 10.6. The second-order valence-corrected chi connectivity index (χ2v) is 12.6. The summed E-state index contributed by atoms with van der Waals surface area (Å²) in [5.74, 6) is -0.836. The minimum absolute atomic E-state index is 0.0647. The number of nitrogens with zero attached hydrogens (tertiary/aromatic N) is 2. The zero-order chi connectivity index (χ0) is 31.0. The molecule has 0 radical (unpaired) electrons. The first-order valence-electron chi connectivity index (χ1n) is 14.1. The van der Waals surface area contributed by atoms with Gasteiger partial charge in [0.15, 0.2) is 0 Å². The highest BCUT2D eigenvalue weighted by Gasteiger charge is 2.34. The van der Waals surface area contributed by atoms with Crippen molar-refractivity contribution in [3.63, 3.8) is 0 Å². The lowest BCUT2D eigenvalue weighted by atomic mass is 10.0. The van der Waals surface area contributed by atoms with Gasteiger partial charge in [-0.15, -0.1) is 0 Å². The predicted molar refractivity (Wildman–Crippen MR) is 172 cm³/mol. The number of amides is 2. The van der Waals surface area contributed by atoms with Crippen LogP contribution in [0, 0.1) is 13.8 Å². The standard InChI is InChI=1S/C34H36ClN3O4S/c1-4-36-34(40)32(22-27-11-7-5-8-12-27)37(23-28-16-18-29(35)19-17-28)33(39)24-38(30-20-15-25(2)26(3)21-30)43(41,42)31-13-9-6-10-14-31/h5-21,32H,4,22-24H2,1-3H3,(H,36,40)/t32-/m1/s1. The van der Waals surface area contributed by atoms with Crippen LogP contribution in [-0.2, 0) is 32.6 Å². The molecule has 2 amide bonds. The van der Waals surface area contributed by atoms with Crippen LogP contribution in [0.4, 0.5) is 5.69 Å². The van der Waals surface area contributed by atoms with Gasteiger partial charge in [0.2, 0.25) is 11.8 Å². The fourth-order valence-corrected chi connectivity index (χ4v) is 6.31. The number of hydrogen-bond acceptors (Lipinski definition) is 4. The Morgan fingerprint density at radius 3 is 2.05 bits per heavy atom. The molecule has 43 heavy (non-hydrogen) atoms. The van der Waals surface area contributed by atoms with Crippen molar-refractivity contribution in [1.29, 1.82) is 0 Å². The van der Waals surface area contributed by atoms with Gasteiger partial charge in [-0.05, 0) is 79.4 Å². The Hall–Kier alpha value is -4.14. The smallest absolute Gasteiger partial charge is 0.264 e. The van der Waals surface area contributed by atoms with Gasteiger partial charge in [-0.2, -0.15) is 0 Å². The molecule has 0 heterocycles. The number of sulfonamides is 1. The molecule has 4 aromatic rings. The highest BCUT2D eigenvalue weighted by molar-refractivity contribution is 7.92. The van der Waals surface area contributed by atoms with Gasteiger partial charge in [-0.25, -0.2) is 8.42 Å². The lowest BCUT2D eigenvalue weighted by Gasteiger charge is -2.34. The number of likely N-dealkylation sites (N-methyl/N-ethyl adjacent to an activating group) is 1. The van der Waals surface area contributed by atoms with Crippen LogP contribution in [0.1, 0.15) is 29.2 Å². The number of carbonyl (C=O) groups is 2. The molecule has 0 spiro atoms. The summed E-state index contributed by atoms with van der Waals surface area (Å²) >= 11 is 6.12. The van der Waals surface area contributed by atoms with Crippen LogP contribution in [0.5, 0.6) is 0 Å². The van der Waals surface area contributed by atoms with Crippen molar-refractivity contribution in [2.75, 3.05) is 17.4 Å². The molecule has 9 heteroatoms. The normalized spacial score (nSPS) is 11.9. The Morgan fingerprint density at radius 2 is 1.44 bits per heavy atom. The van der Waals surface area contributed by atoms with Crippen LogP contribution in [0.2, 0.25) is 5.02 Å². The number of halogens is 1. The molecule has 0 aliphatic carbocycles. The maximum Gasteiger partial charge on any atom is 0.264 e. The average Bonchev–Trinajstić information content (AvgIpc) is 3.01. The number of benzene rings is 4. The number of carbonyl (C=O) groups excluding carboxylic acids is 2. The minimum atomic E-state index is -4.14. The summed E-state index contributed by atoms with van der Waals surface area (Å²) in [5.41, 5.74) is 3.87. The molecular weight excluding hydrogens is 582 g/mol. The molecule has 1 atom stereocenters. The first-order chi connectivity index (χ1) is 20.6. The molecule has 0 saturated heterocycles. The molecule has 4 rings (SSSR count). The van der Waals surface area contributed by atoms with Gasteiger partial charge < -0.3 is 10.2 Å². The fourth-order valence-electron chi connectivity index (χ4n) is 4.76. The second kappa shape index (κ2) is 14.4. The Labute approximate surface area is 259 Å². The lowest BCUT2D eigenvalue weighted by Crippen LogP contribution is -2.53. The summed E-state index contributed by atoms with van der Waals surface area (Å²) in [5, 5.41) is 3.41. The zero-order valence-corrected chi connectivity index (χ0v) is 26.1. The van der Waals surface area contributed by atoms with Gasteiger partial charge in [-0.3, -0.25) is 13.9 Å². The zero-order valence-electron chi connectivity index (χ0n) is 24.5. The van der Waals surface area contributed by atoms with E-state index in [1.54, 1.807) is 54.6 Å². The monoisotopic (exact) mass is 617 g/mol. The summed E-state index contributed by atoms with van der Waals surface area (Å²) in [6, 6.07) is 28.9. The van der Waals surface area contributed by atoms with Crippen molar-refractivity contribution in [1.82, 2.24) is 10.2 Å². The molecule has 7 nitrogen and oxygen atoms in total. The average molecular weight is 618 g/mol. The van der Waals surface area contributed by atoms with Crippen molar-refractivity contribution in [3.8, 4) is 0 Å². The summed E-state index contributed by atoms with van der Waals surface area (Å²) in [4.78, 5) is 29.5. The van der Waals surface area contributed by atoms with Crippen LogP contribution >= 0.6 is 11.6 Å². The maximum absolute atomic E-state index is 14.4. The Morgan fingerprint density at radius 1 is 0.814 bits per heavy atom.